The molecule has 0 spiro atoms. The van der Waals surface area contributed by atoms with Crippen LogP contribution in [0.4, 0.5) is 4.39 Å². The minimum atomic E-state index is -1.16. The lowest BCUT2D eigenvalue weighted by atomic mass is 10.3. The van der Waals surface area contributed by atoms with Gasteiger partial charge in [0, 0.05) is 25.4 Å². The van der Waals surface area contributed by atoms with Crippen LogP contribution in [0.5, 0.6) is 6.01 Å². The number of halogens is 2. The van der Waals surface area contributed by atoms with E-state index >= 15 is 0 Å². The zero-order chi connectivity index (χ0) is 18.6. The van der Waals surface area contributed by atoms with Gasteiger partial charge in [0.2, 0.25) is 5.82 Å². The Morgan fingerprint density at radius 2 is 2.04 bits per heavy atom. The van der Waals surface area contributed by atoms with Crippen LogP contribution in [0.2, 0.25) is 25.7 Å². The molecular weight excluding hydrogens is 407 g/mol. The molecule has 25 heavy (non-hydrogen) atoms. The van der Waals surface area contributed by atoms with Gasteiger partial charge in [-0.05, 0) is 41.9 Å². The number of hydrogen-bond donors (Lipinski definition) is 0. The second kappa shape index (κ2) is 8.37. The van der Waals surface area contributed by atoms with Gasteiger partial charge in [-0.15, -0.1) is 5.10 Å². The maximum atomic E-state index is 14.1. The molecule has 2 heterocycles. The van der Waals surface area contributed by atoms with E-state index in [-0.39, 0.29) is 24.4 Å². The van der Waals surface area contributed by atoms with Gasteiger partial charge in [0.1, 0.15) is 12.4 Å². The smallest absolute Gasteiger partial charge is 0.317 e. The average molecular weight is 431 g/mol. The highest BCUT2D eigenvalue weighted by Crippen LogP contribution is 2.23. The fourth-order valence-corrected chi connectivity index (χ4v) is 2.98. The molecular formula is C16H24BrFN4O2Si. The lowest BCUT2D eigenvalue weighted by molar-refractivity contribution is 0.0659. The second-order valence-corrected chi connectivity index (χ2v) is 13.8. The van der Waals surface area contributed by atoms with Gasteiger partial charge in [0.15, 0.2) is 5.82 Å². The zero-order valence-corrected chi connectivity index (χ0v) is 17.8. The summed E-state index contributed by atoms with van der Waals surface area (Å²) in [7, 11) is -1.16. The van der Waals surface area contributed by atoms with Gasteiger partial charge < -0.3 is 9.47 Å². The Balaban J connectivity index is 2.18. The van der Waals surface area contributed by atoms with E-state index in [1.54, 1.807) is 0 Å². The molecule has 2 rings (SSSR count). The molecule has 138 valence electrons. The van der Waals surface area contributed by atoms with Crippen molar-refractivity contribution in [1.29, 1.82) is 0 Å². The first-order valence-corrected chi connectivity index (χ1v) is 12.7. The van der Waals surface area contributed by atoms with Crippen LogP contribution >= 0.6 is 15.9 Å². The summed E-state index contributed by atoms with van der Waals surface area (Å²) in [5.41, 5.74) is 0.0812. The van der Waals surface area contributed by atoms with Crippen molar-refractivity contribution >= 4 is 24.0 Å². The standard InChI is InChI=1S/C16H24BrFN4O2Si/c1-11(2)24-16-20-15(14-13(18)8-12(17)9-19-14)21-22(16)10-23-6-7-25(3,4)5/h8-9,11H,6-7,10H2,1-5H3. The molecule has 0 saturated carbocycles. The molecule has 0 bridgehead atoms. The van der Waals surface area contributed by atoms with Crippen molar-refractivity contribution in [3.8, 4) is 17.5 Å². The third kappa shape index (κ3) is 6.16. The van der Waals surface area contributed by atoms with Gasteiger partial charge in [-0.25, -0.2) is 9.37 Å². The lowest BCUT2D eigenvalue weighted by Gasteiger charge is -2.15. The Morgan fingerprint density at radius 3 is 2.64 bits per heavy atom. The van der Waals surface area contributed by atoms with Crippen LogP contribution in [0.3, 0.4) is 0 Å². The summed E-state index contributed by atoms with van der Waals surface area (Å²) >= 11 is 3.19. The van der Waals surface area contributed by atoms with Crippen molar-refractivity contribution in [2.45, 2.75) is 52.4 Å². The maximum Gasteiger partial charge on any atom is 0.317 e. The summed E-state index contributed by atoms with van der Waals surface area (Å²) in [5.74, 6) is -0.322. The minimum absolute atomic E-state index is 0.0812. The Morgan fingerprint density at radius 1 is 1.32 bits per heavy atom. The van der Waals surface area contributed by atoms with Gasteiger partial charge in [-0.1, -0.05) is 19.6 Å². The first-order valence-electron chi connectivity index (χ1n) is 8.16. The van der Waals surface area contributed by atoms with E-state index < -0.39 is 13.9 Å². The lowest BCUT2D eigenvalue weighted by Crippen LogP contribution is -2.22. The van der Waals surface area contributed by atoms with Gasteiger partial charge in [-0.2, -0.15) is 9.67 Å². The number of pyridine rings is 1. The van der Waals surface area contributed by atoms with Gasteiger partial charge >= 0.3 is 6.01 Å². The van der Waals surface area contributed by atoms with E-state index in [1.165, 1.54) is 16.9 Å². The van der Waals surface area contributed by atoms with E-state index in [0.717, 1.165) is 6.04 Å². The molecule has 0 N–H and O–H groups in total. The summed E-state index contributed by atoms with van der Waals surface area (Å²) in [5, 5.41) is 4.31. The van der Waals surface area contributed by atoms with Crippen molar-refractivity contribution in [2.24, 2.45) is 0 Å². The van der Waals surface area contributed by atoms with Crippen LogP contribution < -0.4 is 4.74 Å². The van der Waals surface area contributed by atoms with Crippen LogP contribution in [0.15, 0.2) is 16.7 Å². The number of rotatable bonds is 8. The quantitative estimate of drug-likeness (QED) is 0.460. The molecule has 0 aromatic carbocycles. The normalized spacial score (nSPS) is 12.0. The molecule has 0 saturated heterocycles. The van der Waals surface area contributed by atoms with Gasteiger partial charge in [0.05, 0.1) is 6.10 Å². The van der Waals surface area contributed by atoms with Crippen molar-refractivity contribution in [1.82, 2.24) is 19.7 Å². The molecule has 2 aromatic rings. The molecule has 0 aliphatic rings. The van der Waals surface area contributed by atoms with E-state index in [4.69, 9.17) is 9.47 Å². The van der Waals surface area contributed by atoms with E-state index in [1.807, 2.05) is 13.8 Å². The SMILES string of the molecule is CC(C)Oc1nc(-c2ncc(Br)cc2F)nn1COCC[Si](C)(C)C. The molecule has 0 aliphatic carbocycles. The van der Waals surface area contributed by atoms with E-state index in [9.17, 15) is 4.39 Å². The third-order valence-electron chi connectivity index (χ3n) is 3.21. The van der Waals surface area contributed by atoms with Crippen molar-refractivity contribution in [3.05, 3.63) is 22.6 Å². The Hall–Kier alpha value is -1.32. The van der Waals surface area contributed by atoms with Gasteiger partial charge in [0.25, 0.3) is 0 Å². The number of aromatic nitrogens is 4. The summed E-state index contributed by atoms with van der Waals surface area (Å²) in [4.78, 5) is 8.34. The van der Waals surface area contributed by atoms with E-state index in [2.05, 4.69) is 50.6 Å². The highest BCUT2D eigenvalue weighted by Gasteiger charge is 2.19. The number of nitrogens with zero attached hydrogens (tertiary/aromatic N) is 4. The molecule has 9 heteroatoms. The summed E-state index contributed by atoms with van der Waals surface area (Å²) in [6.45, 7) is 11.5. The van der Waals surface area contributed by atoms with Gasteiger partial charge in [-0.3, -0.25) is 0 Å². The molecule has 0 unspecified atom stereocenters. The first kappa shape index (κ1) is 20.0. The summed E-state index contributed by atoms with van der Waals surface area (Å²) in [6, 6.07) is 2.68. The van der Waals surface area contributed by atoms with Crippen LogP contribution in [-0.2, 0) is 11.5 Å². The highest BCUT2D eigenvalue weighted by atomic mass is 79.9. The maximum absolute atomic E-state index is 14.1. The predicted octanol–water partition coefficient (Wildman–Crippen LogP) is 4.34. The fourth-order valence-electron chi connectivity index (χ4n) is 1.92. The van der Waals surface area contributed by atoms with Crippen LogP contribution in [0.25, 0.3) is 11.5 Å². The highest BCUT2D eigenvalue weighted by molar-refractivity contribution is 9.10. The van der Waals surface area contributed by atoms with Crippen LogP contribution in [0, 0.1) is 5.82 Å². The van der Waals surface area contributed by atoms with Crippen molar-refractivity contribution < 1.29 is 13.9 Å². The first-order chi connectivity index (χ1) is 11.7. The number of hydrogen-bond acceptors (Lipinski definition) is 5. The second-order valence-electron chi connectivity index (χ2n) is 7.22. The predicted molar refractivity (Wildman–Crippen MR) is 101 cm³/mol. The Kier molecular flexibility index (Phi) is 6.70. The Bertz CT molecular complexity index is 719. The average Bonchev–Trinajstić information content (AvgIpc) is 2.84. The monoisotopic (exact) mass is 430 g/mol. The van der Waals surface area contributed by atoms with E-state index in [0.29, 0.717) is 17.1 Å². The fraction of sp³-hybridized carbons (Fsp3) is 0.562. The summed E-state index contributed by atoms with van der Waals surface area (Å²) in [6.07, 6.45) is 1.42. The zero-order valence-electron chi connectivity index (χ0n) is 15.2. The largest absolute Gasteiger partial charge is 0.461 e. The third-order valence-corrected chi connectivity index (χ3v) is 5.35. The number of ether oxygens (including phenoxy) is 2. The Labute approximate surface area is 156 Å². The molecule has 0 radical (unpaired) electrons. The molecule has 6 nitrogen and oxygen atoms in total. The van der Waals surface area contributed by atoms with Crippen molar-refractivity contribution in [3.63, 3.8) is 0 Å². The molecule has 0 amide bonds. The molecule has 2 aromatic heterocycles. The van der Waals surface area contributed by atoms with Crippen LogP contribution in [-0.4, -0.2) is 40.5 Å². The minimum Gasteiger partial charge on any atom is -0.461 e. The van der Waals surface area contributed by atoms with Crippen molar-refractivity contribution in [2.75, 3.05) is 6.61 Å². The van der Waals surface area contributed by atoms with Crippen LogP contribution in [0.1, 0.15) is 13.8 Å². The summed E-state index contributed by atoms with van der Waals surface area (Å²) < 4.78 is 27.6. The molecule has 0 atom stereocenters. The molecule has 0 aliphatic heterocycles. The molecule has 0 fully saturated rings. The topological polar surface area (TPSA) is 62.1 Å².